The van der Waals surface area contributed by atoms with Crippen molar-refractivity contribution in [2.75, 3.05) is 20.1 Å². The Morgan fingerprint density at radius 2 is 1.77 bits per heavy atom. The van der Waals surface area contributed by atoms with Crippen LogP contribution in [0.15, 0.2) is 42.5 Å². The molecule has 0 aliphatic carbocycles. The van der Waals surface area contributed by atoms with Gasteiger partial charge in [0.05, 0.1) is 5.41 Å². The number of nitrogens with zero attached hydrogens (tertiary/aromatic N) is 3. The Kier molecular flexibility index (Phi) is 8.42. The van der Waals surface area contributed by atoms with Crippen molar-refractivity contribution in [3.05, 3.63) is 70.5 Å². The number of aryl methyl sites for hydroxylation is 2. The SMILES string of the molecule is CCN(C)CCc1cc(C)c(Oc2nc(C(C)(C)c3ccccc3)ns2)cc1C.Cl. The van der Waals surface area contributed by atoms with Gasteiger partial charge in [0.2, 0.25) is 0 Å². The lowest BCUT2D eigenvalue weighted by atomic mass is 9.84. The molecule has 0 amide bonds. The normalized spacial score (nSPS) is 11.4. The molecule has 0 saturated heterocycles. The van der Waals surface area contributed by atoms with Gasteiger partial charge in [-0.05, 0) is 76.0 Å². The first-order valence-electron chi connectivity index (χ1n) is 10.2. The van der Waals surface area contributed by atoms with Crippen LogP contribution in [0.5, 0.6) is 10.9 Å². The summed E-state index contributed by atoms with van der Waals surface area (Å²) >= 11 is 1.31. The highest BCUT2D eigenvalue weighted by Crippen LogP contribution is 2.34. The molecule has 6 heteroatoms. The van der Waals surface area contributed by atoms with Crippen LogP contribution in [0, 0.1) is 13.8 Å². The van der Waals surface area contributed by atoms with E-state index in [-0.39, 0.29) is 17.8 Å². The molecular formula is C24H32ClN3OS. The van der Waals surface area contributed by atoms with Crippen molar-refractivity contribution in [1.29, 1.82) is 0 Å². The minimum Gasteiger partial charge on any atom is -0.430 e. The van der Waals surface area contributed by atoms with Gasteiger partial charge in [-0.15, -0.1) is 12.4 Å². The summed E-state index contributed by atoms with van der Waals surface area (Å²) in [5.74, 6) is 1.65. The van der Waals surface area contributed by atoms with E-state index in [0.29, 0.717) is 5.19 Å². The Hall–Kier alpha value is -1.95. The van der Waals surface area contributed by atoms with Crippen molar-refractivity contribution in [1.82, 2.24) is 14.3 Å². The monoisotopic (exact) mass is 445 g/mol. The van der Waals surface area contributed by atoms with E-state index in [1.165, 1.54) is 28.2 Å². The largest absolute Gasteiger partial charge is 0.430 e. The molecule has 0 saturated carbocycles. The number of ether oxygens (including phenoxy) is 1. The summed E-state index contributed by atoms with van der Waals surface area (Å²) in [5.41, 5.74) is 4.68. The summed E-state index contributed by atoms with van der Waals surface area (Å²) in [4.78, 5) is 7.03. The number of rotatable bonds is 8. The van der Waals surface area contributed by atoms with E-state index in [4.69, 9.17) is 9.72 Å². The van der Waals surface area contributed by atoms with Crippen LogP contribution >= 0.6 is 23.9 Å². The first kappa shape index (κ1) is 24.3. The van der Waals surface area contributed by atoms with Crippen LogP contribution in [-0.4, -0.2) is 34.4 Å². The van der Waals surface area contributed by atoms with E-state index in [9.17, 15) is 0 Å². The lowest BCUT2D eigenvalue weighted by molar-refractivity contribution is 0.357. The van der Waals surface area contributed by atoms with Gasteiger partial charge >= 0.3 is 0 Å². The van der Waals surface area contributed by atoms with E-state index in [1.54, 1.807) is 0 Å². The second kappa shape index (κ2) is 10.4. The highest BCUT2D eigenvalue weighted by molar-refractivity contribution is 7.07. The predicted octanol–water partition coefficient (Wildman–Crippen LogP) is 6.19. The van der Waals surface area contributed by atoms with Gasteiger partial charge in [0.1, 0.15) is 5.75 Å². The topological polar surface area (TPSA) is 38.2 Å². The maximum absolute atomic E-state index is 6.14. The molecule has 3 rings (SSSR count). The predicted molar refractivity (Wildman–Crippen MR) is 129 cm³/mol. The maximum Gasteiger partial charge on any atom is 0.298 e. The first-order valence-corrected chi connectivity index (χ1v) is 10.9. The molecule has 4 nitrogen and oxygen atoms in total. The summed E-state index contributed by atoms with van der Waals surface area (Å²) in [6.45, 7) is 12.8. The minimum atomic E-state index is -0.264. The highest BCUT2D eigenvalue weighted by atomic mass is 35.5. The van der Waals surface area contributed by atoms with Crippen LogP contribution in [0.2, 0.25) is 0 Å². The summed E-state index contributed by atoms with van der Waals surface area (Å²) in [5, 5.41) is 0.588. The summed E-state index contributed by atoms with van der Waals surface area (Å²) in [7, 11) is 2.16. The fourth-order valence-corrected chi connectivity index (χ4v) is 3.97. The molecule has 0 bridgehead atoms. The zero-order chi connectivity index (χ0) is 21.0. The van der Waals surface area contributed by atoms with Gasteiger partial charge in [-0.3, -0.25) is 0 Å². The Bertz CT molecular complexity index is 956. The van der Waals surface area contributed by atoms with Gasteiger partial charge in [0, 0.05) is 18.1 Å². The van der Waals surface area contributed by atoms with Crippen LogP contribution < -0.4 is 4.74 Å². The molecule has 1 heterocycles. The number of likely N-dealkylation sites (N-methyl/N-ethyl adjacent to an activating group) is 1. The number of hydrogen-bond donors (Lipinski definition) is 0. The molecule has 2 aromatic carbocycles. The fraction of sp³-hybridized carbons (Fsp3) is 0.417. The fourth-order valence-electron chi connectivity index (χ4n) is 3.28. The molecule has 0 aliphatic heterocycles. The van der Waals surface area contributed by atoms with Crippen LogP contribution in [0.1, 0.15) is 48.8 Å². The van der Waals surface area contributed by atoms with Crippen molar-refractivity contribution >= 4 is 23.9 Å². The molecule has 0 spiro atoms. The van der Waals surface area contributed by atoms with Crippen molar-refractivity contribution in [2.24, 2.45) is 0 Å². The Morgan fingerprint density at radius 1 is 1.07 bits per heavy atom. The van der Waals surface area contributed by atoms with Crippen molar-refractivity contribution in [3.63, 3.8) is 0 Å². The molecule has 1 aromatic heterocycles. The van der Waals surface area contributed by atoms with Gasteiger partial charge in [0.15, 0.2) is 5.82 Å². The average molecular weight is 446 g/mol. The van der Waals surface area contributed by atoms with Crippen LogP contribution in [0.3, 0.4) is 0 Å². The van der Waals surface area contributed by atoms with Crippen LogP contribution in [0.25, 0.3) is 0 Å². The van der Waals surface area contributed by atoms with E-state index in [1.807, 2.05) is 18.2 Å². The standard InChI is InChI=1S/C24H31N3OS.ClH/c1-7-27(6)14-13-19-15-18(3)21(16-17(19)2)28-23-25-22(26-29-23)24(4,5)20-11-9-8-10-12-20;/h8-12,15-16H,7,13-14H2,1-6H3;1H. The Balaban J connectivity index is 0.00000320. The second-order valence-electron chi connectivity index (χ2n) is 8.17. The number of halogens is 1. The van der Waals surface area contributed by atoms with E-state index >= 15 is 0 Å². The van der Waals surface area contributed by atoms with Crippen molar-refractivity contribution in [2.45, 2.75) is 46.5 Å². The van der Waals surface area contributed by atoms with Crippen LogP contribution in [0.4, 0.5) is 0 Å². The minimum absolute atomic E-state index is 0. The average Bonchev–Trinajstić information content (AvgIpc) is 3.19. The maximum atomic E-state index is 6.14. The zero-order valence-corrected chi connectivity index (χ0v) is 20.4. The van der Waals surface area contributed by atoms with Crippen molar-refractivity contribution < 1.29 is 4.74 Å². The lowest BCUT2D eigenvalue weighted by Gasteiger charge is -2.21. The quantitative estimate of drug-likeness (QED) is 0.414. The van der Waals surface area contributed by atoms with Crippen molar-refractivity contribution in [3.8, 4) is 10.9 Å². The zero-order valence-electron chi connectivity index (χ0n) is 18.7. The van der Waals surface area contributed by atoms with Gasteiger partial charge < -0.3 is 9.64 Å². The van der Waals surface area contributed by atoms with Gasteiger partial charge in [-0.1, -0.05) is 43.3 Å². The highest BCUT2D eigenvalue weighted by Gasteiger charge is 2.28. The molecule has 0 aliphatic rings. The van der Waals surface area contributed by atoms with Crippen LogP contribution in [-0.2, 0) is 11.8 Å². The molecule has 30 heavy (non-hydrogen) atoms. The third-order valence-corrected chi connectivity index (χ3v) is 6.19. The second-order valence-corrected chi connectivity index (χ2v) is 8.88. The molecular weight excluding hydrogens is 414 g/mol. The number of benzene rings is 2. The molecule has 162 valence electrons. The summed E-state index contributed by atoms with van der Waals surface area (Å²) in [6.07, 6.45) is 1.05. The Morgan fingerprint density at radius 3 is 2.43 bits per heavy atom. The van der Waals surface area contributed by atoms with Gasteiger partial charge in [0.25, 0.3) is 5.19 Å². The molecule has 0 fully saturated rings. The van der Waals surface area contributed by atoms with Gasteiger partial charge in [-0.25, -0.2) is 0 Å². The third-order valence-electron chi connectivity index (χ3n) is 5.60. The van der Waals surface area contributed by atoms with E-state index in [2.05, 4.69) is 75.2 Å². The molecule has 0 atom stereocenters. The first-order chi connectivity index (χ1) is 13.8. The smallest absolute Gasteiger partial charge is 0.298 e. The summed E-state index contributed by atoms with van der Waals surface area (Å²) in [6, 6.07) is 14.7. The molecule has 0 N–H and O–H groups in total. The summed E-state index contributed by atoms with van der Waals surface area (Å²) < 4.78 is 10.7. The molecule has 0 unspecified atom stereocenters. The third kappa shape index (κ3) is 5.60. The van der Waals surface area contributed by atoms with Gasteiger partial charge in [-0.2, -0.15) is 9.36 Å². The number of aromatic nitrogens is 2. The van der Waals surface area contributed by atoms with E-state index in [0.717, 1.165) is 36.6 Å². The number of hydrogen-bond acceptors (Lipinski definition) is 5. The molecule has 0 radical (unpaired) electrons. The van der Waals surface area contributed by atoms with E-state index < -0.39 is 0 Å². The Labute approximate surface area is 190 Å². The molecule has 3 aromatic rings. The lowest BCUT2D eigenvalue weighted by Crippen LogP contribution is -2.20.